The summed E-state index contributed by atoms with van der Waals surface area (Å²) in [6.45, 7) is 0. The Hall–Kier alpha value is -1.04. The molecular weight excluding hydrogens is 260 g/mol. The zero-order valence-electron chi connectivity index (χ0n) is 12.8. The van der Waals surface area contributed by atoms with E-state index in [1.54, 1.807) is 0 Å². The highest BCUT2D eigenvalue weighted by molar-refractivity contribution is 5.84. The molecule has 4 rings (SSSR count). The maximum absolute atomic E-state index is 12.7. The molecule has 3 nitrogen and oxygen atoms in total. The van der Waals surface area contributed by atoms with Gasteiger partial charge in [0.05, 0.1) is 6.07 Å². The van der Waals surface area contributed by atoms with Crippen LogP contribution in [0.4, 0.5) is 0 Å². The monoisotopic (exact) mass is 286 g/mol. The van der Waals surface area contributed by atoms with Crippen LogP contribution < -0.4 is 5.32 Å². The zero-order chi connectivity index (χ0) is 14.4. The number of carbonyl (C=O) groups is 1. The van der Waals surface area contributed by atoms with Crippen LogP contribution in [0.1, 0.15) is 64.2 Å². The van der Waals surface area contributed by atoms with Gasteiger partial charge in [-0.2, -0.15) is 5.26 Å². The minimum Gasteiger partial charge on any atom is -0.338 e. The molecule has 114 valence electrons. The summed E-state index contributed by atoms with van der Waals surface area (Å²) in [6, 6.07) is 2.47. The number of carbonyl (C=O) groups excluding carboxylic acids is 1. The molecule has 0 aromatic carbocycles. The third kappa shape index (κ3) is 2.18. The lowest BCUT2D eigenvalue weighted by Crippen LogP contribution is -2.49. The van der Waals surface area contributed by atoms with Crippen LogP contribution in [-0.4, -0.2) is 11.4 Å². The molecule has 1 N–H and O–H groups in total. The predicted octanol–water partition coefficient (Wildman–Crippen LogP) is 3.40. The van der Waals surface area contributed by atoms with Crippen molar-refractivity contribution >= 4 is 5.91 Å². The van der Waals surface area contributed by atoms with E-state index in [-0.39, 0.29) is 11.8 Å². The smallest absolute Gasteiger partial charge is 0.224 e. The molecule has 0 aliphatic heterocycles. The third-order valence-corrected chi connectivity index (χ3v) is 6.82. The Balaban J connectivity index is 1.42. The second-order valence-corrected chi connectivity index (χ2v) is 7.96. The first-order valence-electron chi connectivity index (χ1n) is 8.97. The Morgan fingerprint density at radius 2 is 1.57 bits per heavy atom. The molecule has 0 aromatic heterocycles. The number of fused-ring (bicyclic) bond motifs is 5. The predicted molar refractivity (Wildman–Crippen MR) is 80.1 cm³/mol. The van der Waals surface area contributed by atoms with Crippen LogP contribution in [-0.2, 0) is 4.79 Å². The molecule has 4 aliphatic rings. The standard InChI is InChI=1S/C18H26N2O/c19-11-18(8-4-2-1-3-5-9-18)20-17(21)16-14-12-6-7-13(10-12)15(14)16/h12-16H,1-10H2,(H,20,21). The molecule has 2 bridgehead atoms. The molecular formula is C18H26N2O. The molecule has 0 heterocycles. The molecule has 21 heavy (non-hydrogen) atoms. The molecule has 4 saturated carbocycles. The zero-order valence-corrected chi connectivity index (χ0v) is 12.8. The number of hydrogen-bond acceptors (Lipinski definition) is 2. The third-order valence-electron chi connectivity index (χ3n) is 6.82. The van der Waals surface area contributed by atoms with E-state index in [0.717, 1.165) is 37.5 Å². The van der Waals surface area contributed by atoms with E-state index >= 15 is 0 Å². The first kappa shape index (κ1) is 13.6. The van der Waals surface area contributed by atoms with Gasteiger partial charge in [0.15, 0.2) is 0 Å². The van der Waals surface area contributed by atoms with Gasteiger partial charge in [0.2, 0.25) is 5.91 Å². The van der Waals surface area contributed by atoms with Crippen LogP contribution >= 0.6 is 0 Å². The number of hydrogen-bond donors (Lipinski definition) is 1. The Morgan fingerprint density at radius 3 is 2.14 bits per heavy atom. The second-order valence-electron chi connectivity index (χ2n) is 7.96. The minimum atomic E-state index is -0.562. The molecule has 0 aromatic rings. The minimum absolute atomic E-state index is 0.212. The highest BCUT2D eigenvalue weighted by Crippen LogP contribution is 2.69. The molecule has 0 radical (unpaired) electrons. The number of rotatable bonds is 2. The van der Waals surface area contributed by atoms with Crippen LogP contribution in [0.5, 0.6) is 0 Å². The number of amides is 1. The fourth-order valence-electron chi connectivity index (χ4n) is 5.77. The van der Waals surface area contributed by atoms with Gasteiger partial charge in [-0.3, -0.25) is 4.79 Å². The van der Waals surface area contributed by atoms with Gasteiger partial charge in [0.25, 0.3) is 0 Å². The van der Waals surface area contributed by atoms with Crippen molar-refractivity contribution in [2.75, 3.05) is 0 Å². The Labute approximate surface area is 127 Å². The van der Waals surface area contributed by atoms with Crippen LogP contribution in [0.25, 0.3) is 0 Å². The van der Waals surface area contributed by atoms with Gasteiger partial charge in [-0.15, -0.1) is 0 Å². The number of nitrogens with zero attached hydrogens (tertiary/aromatic N) is 1. The summed E-state index contributed by atoms with van der Waals surface area (Å²) in [4.78, 5) is 12.7. The molecule has 4 atom stereocenters. The van der Waals surface area contributed by atoms with Gasteiger partial charge in [-0.1, -0.05) is 32.1 Å². The average molecular weight is 286 g/mol. The summed E-state index contributed by atoms with van der Waals surface area (Å²) in [7, 11) is 0. The van der Waals surface area contributed by atoms with Crippen molar-refractivity contribution in [3.63, 3.8) is 0 Å². The molecule has 4 fully saturated rings. The van der Waals surface area contributed by atoms with E-state index < -0.39 is 5.54 Å². The molecule has 4 aliphatic carbocycles. The summed E-state index contributed by atoms with van der Waals surface area (Å²) >= 11 is 0. The van der Waals surface area contributed by atoms with Crippen LogP contribution in [0, 0.1) is 40.9 Å². The maximum atomic E-state index is 12.7. The lowest BCUT2D eigenvalue weighted by Gasteiger charge is -2.30. The highest BCUT2D eigenvalue weighted by Gasteiger charge is 2.67. The topological polar surface area (TPSA) is 52.9 Å². The normalized spacial score (nSPS) is 43.3. The Morgan fingerprint density at radius 1 is 1.00 bits per heavy atom. The lowest BCUT2D eigenvalue weighted by molar-refractivity contribution is -0.124. The first-order valence-corrected chi connectivity index (χ1v) is 8.97. The van der Waals surface area contributed by atoms with E-state index in [1.165, 1.54) is 38.5 Å². The molecule has 4 unspecified atom stereocenters. The quantitative estimate of drug-likeness (QED) is 0.846. The van der Waals surface area contributed by atoms with Crippen molar-refractivity contribution in [3.8, 4) is 6.07 Å². The second kappa shape index (κ2) is 5.00. The van der Waals surface area contributed by atoms with E-state index in [2.05, 4.69) is 11.4 Å². The molecule has 1 amide bonds. The van der Waals surface area contributed by atoms with E-state index in [0.29, 0.717) is 11.8 Å². The van der Waals surface area contributed by atoms with Gasteiger partial charge >= 0.3 is 0 Å². The van der Waals surface area contributed by atoms with Gasteiger partial charge < -0.3 is 5.32 Å². The van der Waals surface area contributed by atoms with Gasteiger partial charge in [0.1, 0.15) is 5.54 Å². The van der Waals surface area contributed by atoms with Crippen molar-refractivity contribution in [1.29, 1.82) is 5.26 Å². The van der Waals surface area contributed by atoms with Gasteiger partial charge in [-0.25, -0.2) is 0 Å². The van der Waals surface area contributed by atoms with Crippen LogP contribution in [0.3, 0.4) is 0 Å². The summed E-state index contributed by atoms with van der Waals surface area (Å²) < 4.78 is 0. The van der Waals surface area contributed by atoms with Gasteiger partial charge in [0, 0.05) is 5.92 Å². The Bertz CT molecular complexity index is 456. The first-order chi connectivity index (χ1) is 10.2. The summed E-state index contributed by atoms with van der Waals surface area (Å²) in [6.07, 6.45) is 11.6. The van der Waals surface area contributed by atoms with Crippen molar-refractivity contribution in [3.05, 3.63) is 0 Å². The van der Waals surface area contributed by atoms with Crippen LogP contribution in [0.15, 0.2) is 0 Å². The largest absolute Gasteiger partial charge is 0.338 e. The van der Waals surface area contributed by atoms with Crippen molar-refractivity contribution in [2.24, 2.45) is 29.6 Å². The van der Waals surface area contributed by atoms with E-state index in [1.807, 2.05) is 0 Å². The average Bonchev–Trinajstić information content (AvgIpc) is 2.91. The van der Waals surface area contributed by atoms with Crippen molar-refractivity contribution in [1.82, 2.24) is 5.32 Å². The fraction of sp³-hybridized carbons (Fsp3) is 0.889. The highest BCUT2D eigenvalue weighted by atomic mass is 16.2. The summed E-state index contributed by atoms with van der Waals surface area (Å²) in [5.41, 5.74) is -0.562. The summed E-state index contributed by atoms with van der Waals surface area (Å²) in [5, 5.41) is 12.9. The molecule has 0 spiro atoms. The number of nitrogens with one attached hydrogen (secondary N) is 1. The van der Waals surface area contributed by atoms with Crippen LogP contribution in [0.2, 0.25) is 0 Å². The molecule has 0 saturated heterocycles. The van der Waals surface area contributed by atoms with Crippen molar-refractivity contribution in [2.45, 2.75) is 69.7 Å². The maximum Gasteiger partial charge on any atom is 0.224 e. The SMILES string of the molecule is N#CC1(NC(=O)C2C3C4CCC(C4)C23)CCCCCCC1. The molecule has 3 heteroatoms. The van der Waals surface area contributed by atoms with E-state index in [4.69, 9.17) is 0 Å². The van der Waals surface area contributed by atoms with Crippen molar-refractivity contribution < 1.29 is 4.79 Å². The summed E-state index contributed by atoms with van der Waals surface area (Å²) in [5.74, 6) is 3.47. The van der Waals surface area contributed by atoms with Gasteiger partial charge in [-0.05, 0) is 55.8 Å². The lowest BCUT2D eigenvalue weighted by atomic mass is 9.84. The number of nitriles is 1. The fourth-order valence-corrected chi connectivity index (χ4v) is 5.77. The Kier molecular flexibility index (Phi) is 3.24. The van der Waals surface area contributed by atoms with E-state index in [9.17, 15) is 10.1 Å².